The van der Waals surface area contributed by atoms with Gasteiger partial charge in [-0.2, -0.15) is 0 Å². The van der Waals surface area contributed by atoms with Gasteiger partial charge in [0.1, 0.15) is 11.6 Å². The molecular formula is C20H22FN3O4S. The van der Waals surface area contributed by atoms with Crippen molar-refractivity contribution in [3.8, 4) is 5.75 Å². The maximum absolute atomic E-state index is 12.8. The number of rotatable bonds is 9. The average Bonchev–Trinajstić information content (AvgIpc) is 2.73. The first-order valence-corrected chi connectivity index (χ1v) is 9.95. The van der Waals surface area contributed by atoms with Crippen molar-refractivity contribution in [1.29, 1.82) is 0 Å². The Hall–Kier alpha value is -3.07. The summed E-state index contributed by atoms with van der Waals surface area (Å²) in [6, 6.07) is 12.5. The molecule has 3 N–H and O–H groups in total. The molecule has 2 aromatic rings. The van der Waals surface area contributed by atoms with Crippen molar-refractivity contribution in [3.05, 3.63) is 65.5 Å². The minimum atomic E-state index is -0.556. The number of hydrazine groups is 1. The molecule has 2 aromatic carbocycles. The normalized spacial score (nSPS) is 10.1. The van der Waals surface area contributed by atoms with E-state index in [1.165, 1.54) is 12.1 Å². The number of hydrogen-bond donors (Lipinski definition) is 3. The van der Waals surface area contributed by atoms with Crippen molar-refractivity contribution in [1.82, 2.24) is 16.2 Å². The predicted molar refractivity (Wildman–Crippen MR) is 109 cm³/mol. The Morgan fingerprint density at radius 1 is 0.931 bits per heavy atom. The quantitative estimate of drug-likeness (QED) is 0.538. The van der Waals surface area contributed by atoms with Crippen LogP contribution in [0.2, 0.25) is 0 Å². The standard InChI is InChI=1S/C20H22FN3O4S/c1-28-17-8-2-14(3-9-17)10-11-22-18(25)12-29-13-19(26)23-24-20(27)15-4-6-16(21)7-5-15/h2-9H,10-13H2,1H3,(H,22,25)(H,23,26)(H,24,27). The third-order valence-electron chi connectivity index (χ3n) is 3.78. The van der Waals surface area contributed by atoms with Crippen LogP contribution >= 0.6 is 11.8 Å². The number of carbonyl (C=O) groups excluding carboxylic acids is 3. The van der Waals surface area contributed by atoms with Gasteiger partial charge in [-0.05, 0) is 48.4 Å². The smallest absolute Gasteiger partial charge is 0.269 e. The summed E-state index contributed by atoms with van der Waals surface area (Å²) in [4.78, 5) is 35.3. The molecule has 2 rings (SSSR count). The molecule has 0 radical (unpaired) electrons. The van der Waals surface area contributed by atoms with Gasteiger partial charge in [-0.3, -0.25) is 25.2 Å². The first kappa shape index (κ1) is 22.2. The fraction of sp³-hybridized carbons (Fsp3) is 0.250. The first-order valence-electron chi connectivity index (χ1n) is 8.80. The highest BCUT2D eigenvalue weighted by Crippen LogP contribution is 2.11. The largest absolute Gasteiger partial charge is 0.497 e. The molecule has 0 unspecified atom stereocenters. The van der Waals surface area contributed by atoms with Crippen LogP contribution in [0.1, 0.15) is 15.9 Å². The highest BCUT2D eigenvalue weighted by Gasteiger charge is 2.09. The summed E-state index contributed by atoms with van der Waals surface area (Å²) in [6.45, 7) is 0.492. The van der Waals surface area contributed by atoms with Crippen LogP contribution in [0.15, 0.2) is 48.5 Å². The molecule has 0 atom stereocenters. The summed E-state index contributed by atoms with van der Waals surface area (Å²) in [5.74, 6) is -0.717. The summed E-state index contributed by atoms with van der Waals surface area (Å²) < 4.78 is 17.9. The molecule has 3 amide bonds. The lowest BCUT2D eigenvalue weighted by Crippen LogP contribution is -2.42. The van der Waals surface area contributed by atoms with Crippen molar-refractivity contribution < 1.29 is 23.5 Å². The lowest BCUT2D eigenvalue weighted by molar-refractivity contribution is -0.119. The van der Waals surface area contributed by atoms with Crippen LogP contribution in [0.4, 0.5) is 4.39 Å². The van der Waals surface area contributed by atoms with Crippen molar-refractivity contribution >= 4 is 29.5 Å². The summed E-state index contributed by atoms with van der Waals surface area (Å²) in [6.07, 6.45) is 0.691. The van der Waals surface area contributed by atoms with Gasteiger partial charge in [0.05, 0.1) is 18.6 Å². The number of thioether (sulfide) groups is 1. The van der Waals surface area contributed by atoms with Gasteiger partial charge in [-0.15, -0.1) is 11.8 Å². The first-order chi connectivity index (χ1) is 14.0. The van der Waals surface area contributed by atoms with Crippen molar-refractivity contribution in [3.63, 3.8) is 0 Å². The molecule has 29 heavy (non-hydrogen) atoms. The Labute approximate surface area is 172 Å². The minimum absolute atomic E-state index is 0.00952. The number of benzene rings is 2. The predicted octanol–water partition coefficient (Wildman–Crippen LogP) is 1.69. The molecule has 0 saturated carbocycles. The molecular weight excluding hydrogens is 397 g/mol. The van der Waals surface area contributed by atoms with Crippen molar-refractivity contribution in [2.75, 3.05) is 25.2 Å². The second-order valence-corrected chi connectivity index (χ2v) is 6.94. The van der Waals surface area contributed by atoms with Gasteiger partial charge in [0.15, 0.2) is 0 Å². The lowest BCUT2D eigenvalue weighted by Gasteiger charge is -2.08. The molecule has 154 valence electrons. The van der Waals surface area contributed by atoms with Gasteiger partial charge in [0, 0.05) is 12.1 Å². The van der Waals surface area contributed by atoms with Crippen LogP contribution in [-0.4, -0.2) is 42.9 Å². The Morgan fingerprint density at radius 3 is 2.24 bits per heavy atom. The van der Waals surface area contributed by atoms with Crippen LogP contribution in [0.5, 0.6) is 5.75 Å². The molecule has 9 heteroatoms. The average molecular weight is 419 g/mol. The molecule has 0 spiro atoms. The highest BCUT2D eigenvalue weighted by atomic mass is 32.2. The van der Waals surface area contributed by atoms with E-state index in [-0.39, 0.29) is 23.0 Å². The number of hydrogen-bond acceptors (Lipinski definition) is 5. The number of amides is 3. The van der Waals surface area contributed by atoms with Crippen LogP contribution < -0.4 is 20.9 Å². The van der Waals surface area contributed by atoms with E-state index in [0.29, 0.717) is 13.0 Å². The fourth-order valence-electron chi connectivity index (χ4n) is 2.26. The van der Waals surface area contributed by atoms with E-state index in [0.717, 1.165) is 35.2 Å². The van der Waals surface area contributed by atoms with E-state index in [9.17, 15) is 18.8 Å². The molecule has 0 aromatic heterocycles. The fourth-order valence-corrected chi connectivity index (χ4v) is 2.91. The van der Waals surface area contributed by atoms with E-state index >= 15 is 0 Å². The molecule has 0 bridgehead atoms. The van der Waals surface area contributed by atoms with Crippen LogP contribution in [-0.2, 0) is 16.0 Å². The number of carbonyl (C=O) groups is 3. The molecule has 0 aliphatic heterocycles. The zero-order valence-corrected chi connectivity index (χ0v) is 16.7. The molecule has 0 aliphatic rings. The maximum Gasteiger partial charge on any atom is 0.269 e. The zero-order chi connectivity index (χ0) is 21.1. The second kappa shape index (κ2) is 11.7. The maximum atomic E-state index is 12.8. The summed E-state index contributed by atoms with van der Waals surface area (Å²) in [5.41, 5.74) is 5.78. The SMILES string of the molecule is COc1ccc(CCNC(=O)CSCC(=O)NNC(=O)c2ccc(F)cc2)cc1. The third-order valence-corrected chi connectivity index (χ3v) is 4.72. The summed E-state index contributed by atoms with van der Waals surface area (Å²) in [7, 11) is 1.60. The summed E-state index contributed by atoms with van der Waals surface area (Å²) >= 11 is 1.13. The van der Waals surface area contributed by atoms with Gasteiger partial charge < -0.3 is 10.1 Å². The highest BCUT2D eigenvalue weighted by molar-refractivity contribution is 8.00. The molecule has 0 heterocycles. The van der Waals surface area contributed by atoms with Gasteiger partial charge in [-0.1, -0.05) is 12.1 Å². The van der Waals surface area contributed by atoms with Crippen LogP contribution in [0, 0.1) is 5.82 Å². The number of nitrogens with one attached hydrogen (secondary N) is 3. The van der Waals surface area contributed by atoms with Crippen molar-refractivity contribution in [2.24, 2.45) is 0 Å². The zero-order valence-electron chi connectivity index (χ0n) is 15.9. The minimum Gasteiger partial charge on any atom is -0.497 e. The molecule has 0 aliphatic carbocycles. The molecule has 7 nitrogen and oxygen atoms in total. The van der Waals surface area contributed by atoms with E-state index in [1.807, 2.05) is 24.3 Å². The Kier molecular flexibility index (Phi) is 8.97. The van der Waals surface area contributed by atoms with Crippen LogP contribution in [0.3, 0.4) is 0 Å². The summed E-state index contributed by atoms with van der Waals surface area (Å²) in [5, 5.41) is 2.79. The van der Waals surface area contributed by atoms with Gasteiger partial charge in [0.25, 0.3) is 5.91 Å². The Morgan fingerprint density at radius 2 is 1.59 bits per heavy atom. The number of halogens is 1. The topological polar surface area (TPSA) is 96.5 Å². The second-order valence-electron chi connectivity index (χ2n) is 5.95. The molecule has 0 fully saturated rings. The van der Waals surface area contributed by atoms with Gasteiger partial charge in [0.2, 0.25) is 11.8 Å². The van der Waals surface area contributed by atoms with Gasteiger partial charge in [-0.25, -0.2) is 4.39 Å². The van der Waals surface area contributed by atoms with E-state index < -0.39 is 17.6 Å². The number of methoxy groups -OCH3 is 1. The van der Waals surface area contributed by atoms with Gasteiger partial charge >= 0.3 is 0 Å². The van der Waals surface area contributed by atoms with E-state index in [1.54, 1.807) is 7.11 Å². The Balaban J connectivity index is 1.57. The molecule has 0 saturated heterocycles. The lowest BCUT2D eigenvalue weighted by atomic mass is 10.1. The van der Waals surface area contributed by atoms with Crippen LogP contribution in [0.25, 0.3) is 0 Å². The Bertz CT molecular complexity index is 829. The third kappa shape index (κ3) is 8.22. The van der Waals surface area contributed by atoms with E-state index in [4.69, 9.17) is 4.74 Å². The van der Waals surface area contributed by atoms with E-state index in [2.05, 4.69) is 16.2 Å². The number of ether oxygens (including phenoxy) is 1. The van der Waals surface area contributed by atoms with Crippen molar-refractivity contribution in [2.45, 2.75) is 6.42 Å². The monoisotopic (exact) mass is 419 g/mol.